The Morgan fingerprint density at radius 3 is 2.60 bits per heavy atom. The second-order valence-electron chi connectivity index (χ2n) is 7.56. The fourth-order valence-corrected chi connectivity index (χ4v) is 3.91. The van der Waals surface area contributed by atoms with Crippen LogP contribution in [-0.4, -0.2) is 47.1 Å². The van der Waals surface area contributed by atoms with Crippen molar-refractivity contribution in [2.24, 2.45) is 0 Å². The van der Waals surface area contributed by atoms with E-state index in [1.54, 1.807) is 37.3 Å². The molecular formula is C23H25N3O4. The number of benzene rings is 1. The number of aromatic nitrogens is 1. The van der Waals surface area contributed by atoms with Crippen LogP contribution in [0.5, 0.6) is 0 Å². The van der Waals surface area contributed by atoms with Gasteiger partial charge in [-0.05, 0) is 36.8 Å². The molecule has 7 nitrogen and oxygen atoms in total. The largest absolute Gasteiger partial charge is 0.463 e. The molecule has 1 aromatic carbocycles. The molecule has 0 aliphatic carbocycles. The molecule has 0 spiro atoms. The van der Waals surface area contributed by atoms with Gasteiger partial charge in [0.15, 0.2) is 0 Å². The number of amides is 2. The van der Waals surface area contributed by atoms with Crippen LogP contribution < -0.4 is 5.32 Å². The van der Waals surface area contributed by atoms with Gasteiger partial charge in [-0.1, -0.05) is 30.3 Å². The Kier molecular flexibility index (Phi) is 5.46. The first-order chi connectivity index (χ1) is 14.5. The van der Waals surface area contributed by atoms with Crippen molar-refractivity contribution in [3.8, 4) is 11.5 Å². The van der Waals surface area contributed by atoms with E-state index in [2.05, 4.69) is 5.32 Å². The summed E-state index contributed by atoms with van der Waals surface area (Å²) in [6, 6.07) is 17.0. The maximum atomic E-state index is 13.4. The molecule has 3 heterocycles. The molecule has 0 fully saturated rings. The zero-order valence-corrected chi connectivity index (χ0v) is 17.1. The topological polar surface area (TPSA) is 76.7 Å². The van der Waals surface area contributed by atoms with E-state index in [0.29, 0.717) is 37.7 Å². The molecule has 1 aliphatic rings. The zero-order valence-electron chi connectivity index (χ0n) is 17.1. The number of ether oxygens (including phenoxy) is 1. The van der Waals surface area contributed by atoms with Crippen LogP contribution in [0, 0.1) is 0 Å². The number of nitrogens with one attached hydrogen (secondary N) is 1. The summed E-state index contributed by atoms with van der Waals surface area (Å²) < 4.78 is 12.6. The molecule has 0 radical (unpaired) electrons. The van der Waals surface area contributed by atoms with E-state index in [0.717, 1.165) is 11.3 Å². The predicted molar refractivity (Wildman–Crippen MR) is 112 cm³/mol. The summed E-state index contributed by atoms with van der Waals surface area (Å²) in [4.78, 5) is 28.3. The van der Waals surface area contributed by atoms with Crippen molar-refractivity contribution < 1.29 is 18.7 Å². The molecule has 1 N–H and O–H groups in total. The third-order valence-electron chi connectivity index (χ3n) is 5.58. The second kappa shape index (κ2) is 8.20. The van der Waals surface area contributed by atoms with Gasteiger partial charge in [0.2, 0.25) is 5.91 Å². The van der Waals surface area contributed by atoms with E-state index in [4.69, 9.17) is 9.15 Å². The lowest BCUT2D eigenvalue weighted by atomic mass is 9.94. The Bertz CT molecular complexity index is 1030. The van der Waals surface area contributed by atoms with Gasteiger partial charge in [-0.25, -0.2) is 0 Å². The Balaban J connectivity index is 1.66. The lowest BCUT2D eigenvalue weighted by molar-refractivity contribution is -0.133. The fourth-order valence-electron chi connectivity index (χ4n) is 3.91. The highest BCUT2D eigenvalue weighted by atomic mass is 16.5. The molecule has 2 aromatic heterocycles. The number of carbonyl (C=O) groups excluding carboxylic acids is 2. The van der Waals surface area contributed by atoms with Gasteiger partial charge < -0.3 is 23.9 Å². The summed E-state index contributed by atoms with van der Waals surface area (Å²) in [5.74, 6) is 0.250. The van der Waals surface area contributed by atoms with Crippen LogP contribution >= 0.6 is 0 Å². The van der Waals surface area contributed by atoms with Crippen LogP contribution in [0.2, 0.25) is 0 Å². The Morgan fingerprint density at radius 1 is 1.13 bits per heavy atom. The van der Waals surface area contributed by atoms with Crippen molar-refractivity contribution >= 4 is 11.8 Å². The van der Waals surface area contributed by atoms with Crippen molar-refractivity contribution in [1.29, 1.82) is 0 Å². The summed E-state index contributed by atoms with van der Waals surface area (Å²) in [6.07, 6.45) is 1.59. The number of rotatable bonds is 7. The summed E-state index contributed by atoms with van der Waals surface area (Å²) in [7, 11) is 1.58. The molecular weight excluding hydrogens is 382 g/mol. The van der Waals surface area contributed by atoms with Gasteiger partial charge in [0, 0.05) is 20.2 Å². The molecule has 0 bridgehead atoms. The normalized spacial score (nSPS) is 18.3. The van der Waals surface area contributed by atoms with Crippen LogP contribution in [0.25, 0.3) is 11.5 Å². The van der Waals surface area contributed by atoms with Gasteiger partial charge in [0.25, 0.3) is 5.91 Å². The van der Waals surface area contributed by atoms with E-state index >= 15 is 0 Å². The van der Waals surface area contributed by atoms with E-state index in [1.165, 1.54) is 0 Å². The van der Waals surface area contributed by atoms with E-state index in [-0.39, 0.29) is 11.8 Å². The average Bonchev–Trinajstić information content (AvgIpc) is 3.42. The smallest absolute Gasteiger partial charge is 0.271 e. The van der Waals surface area contributed by atoms with Gasteiger partial charge in [0.05, 0.1) is 25.1 Å². The zero-order chi connectivity index (χ0) is 21.1. The summed E-state index contributed by atoms with van der Waals surface area (Å²) in [5, 5.41) is 3.00. The van der Waals surface area contributed by atoms with Crippen LogP contribution in [0.3, 0.4) is 0 Å². The number of hydrogen-bond acceptors (Lipinski definition) is 4. The minimum atomic E-state index is -1.07. The number of methoxy groups -OCH3 is 1. The molecule has 30 heavy (non-hydrogen) atoms. The monoisotopic (exact) mass is 407 g/mol. The lowest BCUT2D eigenvalue weighted by Crippen LogP contribution is -2.64. The first-order valence-corrected chi connectivity index (χ1v) is 9.91. The Labute approximate surface area is 175 Å². The maximum absolute atomic E-state index is 13.4. The van der Waals surface area contributed by atoms with Crippen LogP contribution in [-0.2, 0) is 22.6 Å². The minimum absolute atomic E-state index is 0.200. The molecule has 7 heteroatoms. The van der Waals surface area contributed by atoms with Gasteiger partial charge >= 0.3 is 0 Å². The summed E-state index contributed by atoms with van der Waals surface area (Å²) >= 11 is 0. The van der Waals surface area contributed by atoms with Crippen LogP contribution in [0.15, 0.2) is 65.3 Å². The van der Waals surface area contributed by atoms with Gasteiger partial charge in [-0.2, -0.15) is 0 Å². The molecule has 156 valence electrons. The molecule has 4 rings (SSSR count). The maximum Gasteiger partial charge on any atom is 0.271 e. The molecule has 1 atom stereocenters. The van der Waals surface area contributed by atoms with E-state index in [9.17, 15) is 9.59 Å². The van der Waals surface area contributed by atoms with Crippen molar-refractivity contribution in [2.45, 2.75) is 25.6 Å². The van der Waals surface area contributed by atoms with Crippen LogP contribution in [0.4, 0.5) is 0 Å². The second-order valence-corrected chi connectivity index (χ2v) is 7.56. The third-order valence-corrected chi connectivity index (χ3v) is 5.58. The fraction of sp³-hybridized carbons (Fsp3) is 0.304. The van der Waals surface area contributed by atoms with Crippen molar-refractivity contribution in [1.82, 2.24) is 14.8 Å². The molecule has 0 saturated carbocycles. The molecule has 1 aliphatic heterocycles. The minimum Gasteiger partial charge on any atom is -0.463 e. The molecule has 2 amide bonds. The highest BCUT2D eigenvalue weighted by Crippen LogP contribution is 2.33. The van der Waals surface area contributed by atoms with Crippen molar-refractivity contribution in [2.75, 3.05) is 20.3 Å². The van der Waals surface area contributed by atoms with Gasteiger partial charge in [0.1, 0.15) is 17.0 Å². The number of hydrogen-bond donors (Lipinski definition) is 1. The molecule has 1 unspecified atom stereocenters. The number of fused-ring (bicyclic) bond motifs is 1. The number of carbonyl (C=O) groups is 2. The predicted octanol–water partition coefficient (Wildman–Crippen LogP) is 2.93. The Hall–Kier alpha value is -3.32. The molecule has 3 aromatic rings. The van der Waals surface area contributed by atoms with Gasteiger partial charge in [-0.3, -0.25) is 9.59 Å². The summed E-state index contributed by atoms with van der Waals surface area (Å²) in [6.45, 7) is 3.19. The first-order valence-electron chi connectivity index (χ1n) is 9.91. The number of nitrogens with zero attached hydrogens (tertiary/aromatic N) is 2. The standard InChI is InChI=1S/C23H25N3O4/c1-23(22(28)24-15-17-7-4-3-5-8-17)16-25-18(20-9-6-13-30-20)10-11-19(25)21(27)26(23)12-14-29-2/h3-11,13H,12,14-16H2,1-2H3,(H,24,28). The van der Waals surface area contributed by atoms with E-state index < -0.39 is 5.54 Å². The number of furan rings is 1. The SMILES string of the molecule is COCCN1C(=O)c2ccc(-c3ccco3)n2CC1(C)C(=O)NCc1ccccc1. The van der Waals surface area contributed by atoms with Crippen molar-refractivity contribution in [3.05, 3.63) is 72.1 Å². The lowest BCUT2D eigenvalue weighted by Gasteiger charge is -2.44. The van der Waals surface area contributed by atoms with Crippen LogP contribution in [0.1, 0.15) is 23.0 Å². The first kappa shape index (κ1) is 20.0. The highest BCUT2D eigenvalue weighted by Gasteiger charge is 2.47. The average molecular weight is 407 g/mol. The Morgan fingerprint density at radius 2 is 1.90 bits per heavy atom. The summed E-state index contributed by atoms with van der Waals surface area (Å²) in [5.41, 5.74) is 1.23. The van der Waals surface area contributed by atoms with E-state index in [1.807, 2.05) is 47.0 Å². The third kappa shape index (κ3) is 3.52. The van der Waals surface area contributed by atoms with Gasteiger partial charge in [-0.15, -0.1) is 0 Å². The highest BCUT2D eigenvalue weighted by molar-refractivity contribution is 6.00. The van der Waals surface area contributed by atoms with Crippen molar-refractivity contribution in [3.63, 3.8) is 0 Å². The quantitative estimate of drug-likeness (QED) is 0.653. The molecule has 0 saturated heterocycles.